The highest BCUT2D eigenvalue weighted by Crippen LogP contribution is 2.01. The molecule has 1 radical (unpaired) electrons. The molecular weight excluding hydrogens is 118 g/mol. The predicted octanol–water partition coefficient (Wildman–Crippen LogP) is -0.241. The maximum Gasteiger partial charge on any atom is 0.150 e. The van der Waals surface area contributed by atoms with Crippen LogP contribution in [0.15, 0.2) is 0 Å². The molecule has 0 aromatic heterocycles. The highest BCUT2D eigenvalue weighted by molar-refractivity contribution is 4.64. The number of hydrogen-bond donors (Lipinski definition) is 0. The first-order valence-corrected chi connectivity index (χ1v) is 3.13. The second kappa shape index (κ2) is 3.15. The molecule has 1 fully saturated rings. The maximum atomic E-state index is 5.20. The van der Waals surface area contributed by atoms with Crippen LogP contribution in [0.3, 0.4) is 0 Å². The molecule has 0 bridgehead atoms. The van der Waals surface area contributed by atoms with Gasteiger partial charge in [-0.25, -0.2) is 0 Å². The summed E-state index contributed by atoms with van der Waals surface area (Å²) in [7, 11) is 4.06. The van der Waals surface area contributed by atoms with Gasteiger partial charge in [0.25, 0.3) is 0 Å². The van der Waals surface area contributed by atoms with Gasteiger partial charge in [0.2, 0.25) is 0 Å². The monoisotopic (exact) mass is 131 g/mol. The number of nitrogens with zero attached hydrogens (tertiary/aromatic N) is 1. The molecule has 3 heteroatoms. The molecule has 1 aliphatic heterocycles. The van der Waals surface area contributed by atoms with Gasteiger partial charge in [0.05, 0.1) is 6.61 Å². The fraction of sp³-hybridized carbons (Fsp3) is 1.00. The van der Waals surface area contributed by atoms with E-state index in [9.17, 15) is 0 Å². The average molecular weight is 131 g/mol. The van der Waals surface area contributed by atoms with Crippen molar-refractivity contribution in [3.63, 3.8) is 0 Å². The Hall–Kier alpha value is -0.120. The summed E-state index contributed by atoms with van der Waals surface area (Å²) < 4.78 is 10.2. The standard InChI is InChI=1S/C6H13NO2/c1-7(2)3-6-4-8-5-9-6/h6H,3-5H2,1-2H3/q+1. The van der Waals surface area contributed by atoms with Crippen molar-refractivity contribution in [2.75, 3.05) is 34.0 Å². The predicted molar refractivity (Wildman–Crippen MR) is 34.5 cm³/mol. The molecule has 1 heterocycles. The molecular formula is C6H13NO2+. The van der Waals surface area contributed by atoms with E-state index in [0.717, 1.165) is 13.2 Å². The third-order valence-corrected chi connectivity index (χ3v) is 1.26. The molecule has 9 heavy (non-hydrogen) atoms. The lowest BCUT2D eigenvalue weighted by Crippen LogP contribution is -2.31. The molecule has 0 aromatic carbocycles. The number of ether oxygens (including phenoxy) is 2. The quantitative estimate of drug-likeness (QED) is 0.483. The van der Waals surface area contributed by atoms with Crippen molar-refractivity contribution < 1.29 is 9.47 Å². The van der Waals surface area contributed by atoms with Crippen molar-refractivity contribution >= 4 is 0 Å². The van der Waals surface area contributed by atoms with Gasteiger partial charge in [-0.1, -0.05) is 0 Å². The first-order valence-electron chi connectivity index (χ1n) is 3.13. The van der Waals surface area contributed by atoms with Crippen LogP contribution in [0.1, 0.15) is 0 Å². The number of likely N-dealkylation sites (N-methyl/N-ethyl adjacent to an activating group) is 1. The summed E-state index contributed by atoms with van der Waals surface area (Å²) in [6, 6.07) is 0. The van der Waals surface area contributed by atoms with E-state index in [4.69, 9.17) is 9.47 Å². The Morgan fingerprint density at radius 3 is 2.78 bits per heavy atom. The molecule has 0 saturated carbocycles. The van der Waals surface area contributed by atoms with Crippen LogP contribution < -0.4 is 4.90 Å². The van der Waals surface area contributed by atoms with Crippen LogP contribution in [0, 0.1) is 0 Å². The molecule has 1 atom stereocenters. The Labute approximate surface area is 55.5 Å². The minimum absolute atomic E-state index is 0.292. The number of hydrogen-bond acceptors (Lipinski definition) is 3. The maximum absolute atomic E-state index is 5.20. The summed E-state index contributed by atoms with van der Waals surface area (Å²) in [6.45, 7) is 2.18. The SMILES string of the molecule is C[N+](C)CC1COCO1. The fourth-order valence-electron chi connectivity index (χ4n) is 0.885. The summed E-state index contributed by atoms with van der Waals surface area (Å²) >= 11 is 0. The Bertz CT molecular complexity index is 79.1. The van der Waals surface area contributed by atoms with Crippen molar-refractivity contribution in [1.29, 1.82) is 0 Å². The molecule has 53 valence electrons. The first-order chi connectivity index (χ1) is 4.29. The van der Waals surface area contributed by atoms with Crippen LogP contribution in [-0.4, -0.2) is 40.1 Å². The van der Waals surface area contributed by atoms with E-state index in [-0.39, 0.29) is 0 Å². The molecule has 1 saturated heterocycles. The van der Waals surface area contributed by atoms with Gasteiger partial charge in [-0.2, -0.15) is 4.90 Å². The van der Waals surface area contributed by atoms with Gasteiger partial charge in [-0.3, -0.25) is 0 Å². The van der Waals surface area contributed by atoms with E-state index in [0.29, 0.717) is 12.9 Å². The molecule has 0 aliphatic carbocycles. The summed E-state index contributed by atoms with van der Waals surface area (Å²) in [6.07, 6.45) is 0.292. The van der Waals surface area contributed by atoms with E-state index in [1.807, 2.05) is 14.1 Å². The number of rotatable bonds is 2. The van der Waals surface area contributed by atoms with Gasteiger partial charge in [-0.15, -0.1) is 0 Å². The van der Waals surface area contributed by atoms with Crippen LogP contribution in [0.4, 0.5) is 0 Å². The third kappa shape index (κ3) is 2.30. The highest BCUT2D eigenvalue weighted by Gasteiger charge is 2.20. The lowest BCUT2D eigenvalue weighted by Gasteiger charge is -2.04. The summed E-state index contributed by atoms with van der Waals surface area (Å²) in [4.78, 5) is 2.10. The lowest BCUT2D eigenvalue weighted by molar-refractivity contribution is 0.0445. The van der Waals surface area contributed by atoms with Crippen LogP contribution >= 0.6 is 0 Å². The molecule has 1 rings (SSSR count). The largest absolute Gasteiger partial charge is 0.352 e. The van der Waals surface area contributed by atoms with Gasteiger partial charge < -0.3 is 9.47 Å². The van der Waals surface area contributed by atoms with Crippen LogP contribution in [0.5, 0.6) is 0 Å². The summed E-state index contributed by atoms with van der Waals surface area (Å²) in [5.41, 5.74) is 0. The second-order valence-corrected chi connectivity index (χ2v) is 2.54. The van der Waals surface area contributed by atoms with Crippen molar-refractivity contribution in [2.24, 2.45) is 0 Å². The fourth-order valence-corrected chi connectivity index (χ4v) is 0.885. The van der Waals surface area contributed by atoms with Gasteiger partial charge in [0.15, 0.2) is 6.54 Å². The van der Waals surface area contributed by atoms with Crippen LogP contribution in [0.2, 0.25) is 0 Å². The molecule has 0 aromatic rings. The Balaban J connectivity index is 2.11. The van der Waals surface area contributed by atoms with Crippen molar-refractivity contribution in [3.8, 4) is 0 Å². The minimum Gasteiger partial charge on any atom is -0.352 e. The average Bonchev–Trinajstić information content (AvgIpc) is 2.15. The molecule has 1 aliphatic rings. The topological polar surface area (TPSA) is 24.4 Å². The molecule has 0 N–H and O–H groups in total. The molecule has 0 amide bonds. The van der Waals surface area contributed by atoms with Gasteiger partial charge in [0, 0.05) is 0 Å². The normalized spacial score (nSPS) is 27.7. The van der Waals surface area contributed by atoms with Crippen molar-refractivity contribution in [2.45, 2.75) is 6.10 Å². The third-order valence-electron chi connectivity index (χ3n) is 1.26. The Morgan fingerprint density at radius 2 is 2.33 bits per heavy atom. The summed E-state index contributed by atoms with van der Waals surface area (Å²) in [5.74, 6) is 0. The van der Waals surface area contributed by atoms with E-state index in [2.05, 4.69) is 4.90 Å². The van der Waals surface area contributed by atoms with E-state index in [1.54, 1.807) is 0 Å². The van der Waals surface area contributed by atoms with Gasteiger partial charge in [0.1, 0.15) is 27.0 Å². The Morgan fingerprint density at radius 1 is 1.56 bits per heavy atom. The van der Waals surface area contributed by atoms with Crippen molar-refractivity contribution in [3.05, 3.63) is 0 Å². The second-order valence-electron chi connectivity index (χ2n) is 2.54. The van der Waals surface area contributed by atoms with Crippen molar-refractivity contribution in [1.82, 2.24) is 4.90 Å². The first kappa shape index (κ1) is 6.99. The van der Waals surface area contributed by atoms with Crippen LogP contribution in [-0.2, 0) is 9.47 Å². The Kier molecular flexibility index (Phi) is 2.45. The van der Waals surface area contributed by atoms with Gasteiger partial charge >= 0.3 is 0 Å². The molecule has 0 spiro atoms. The zero-order valence-electron chi connectivity index (χ0n) is 5.96. The van der Waals surface area contributed by atoms with Gasteiger partial charge in [-0.05, 0) is 0 Å². The van der Waals surface area contributed by atoms with Crippen LogP contribution in [0.25, 0.3) is 0 Å². The van der Waals surface area contributed by atoms with E-state index in [1.165, 1.54) is 0 Å². The molecule has 1 unspecified atom stereocenters. The summed E-state index contributed by atoms with van der Waals surface area (Å²) in [5, 5.41) is 0. The van der Waals surface area contributed by atoms with E-state index >= 15 is 0 Å². The zero-order valence-corrected chi connectivity index (χ0v) is 5.96. The lowest BCUT2D eigenvalue weighted by atomic mass is 10.4. The zero-order chi connectivity index (χ0) is 6.69. The van der Waals surface area contributed by atoms with E-state index < -0.39 is 0 Å². The molecule has 3 nitrogen and oxygen atoms in total. The minimum atomic E-state index is 0.292. The highest BCUT2D eigenvalue weighted by atomic mass is 16.7. The smallest absolute Gasteiger partial charge is 0.150 e.